The fraction of sp³-hybridized carbons (Fsp3) is 0.417. The summed E-state index contributed by atoms with van der Waals surface area (Å²) >= 11 is 0. The maximum atomic E-state index is 5.47. The first-order chi connectivity index (χ1) is 6.09. The lowest BCUT2D eigenvalue weighted by atomic mass is 10.0. The van der Waals surface area contributed by atoms with Crippen molar-refractivity contribution < 1.29 is 4.74 Å². The Kier molecular flexibility index (Phi) is 3.35. The minimum atomic E-state index is 0.584. The van der Waals surface area contributed by atoms with E-state index in [1.165, 1.54) is 5.56 Å². The van der Waals surface area contributed by atoms with Gasteiger partial charge < -0.3 is 4.74 Å². The summed E-state index contributed by atoms with van der Waals surface area (Å²) in [5, 5.41) is 0. The lowest BCUT2D eigenvalue weighted by Crippen LogP contribution is -1.96. The van der Waals surface area contributed by atoms with E-state index in [2.05, 4.69) is 26.0 Å². The van der Waals surface area contributed by atoms with Gasteiger partial charge in [-0.1, -0.05) is 26.0 Å². The molecule has 0 atom stereocenters. The summed E-state index contributed by atoms with van der Waals surface area (Å²) in [5.41, 5.74) is 1.35. The van der Waals surface area contributed by atoms with Crippen LogP contribution in [0.4, 0.5) is 0 Å². The van der Waals surface area contributed by atoms with Gasteiger partial charge in [0.1, 0.15) is 11.9 Å². The van der Waals surface area contributed by atoms with Crippen LogP contribution in [-0.2, 0) is 0 Å². The Morgan fingerprint density at radius 1 is 1.08 bits per heavy atom. The average Bonchev–Trinajstić information content (AvgIpc) is 2.04. The van der Waals surface area contributed by atoms with Crippen LogP contribution >= 0.6 is 0 Å². The van der Waals surface area contributed by atoms with Crippen molar-refractivity contribution in [1.29, 1.82) is 0 Å². The predicted molar refractivity (Wildman–Crippen MR) is 55.8 cm³/mol. The van der Waals surface area contributed by atoms with Gasteiger partial charge in [0.2, 0.25) is 0 Å². The lowest BCUT2D eigenvalue weighted by Gasteiger charge is -2.10. The van der Waals surface area contributed by atoms with E-state index in [1.54, 1.807) is 0 Å². The molecule has 0 amide bonds. The van der Waals surface area contributed by atoms with Gasteiger partial charge in [-0.05, 0) is 37.5 Å². The molecule has 71 valence electrons. The molecule has 0 aromatic heterocycles. The number of hydrogen-bond donors (Lipinski definition) is 0. The Hall–Kier alpha value is -0.980. The van der Waals surface area contributed by atoms with Gasteiger partial charge in [-0.25, -0.2) is 0 Å². The minimum Gasteiger partial charge on any atom is -0.484 e. The van der Waals surface area contributed by atoms with E-state index in [1.807, 2.05) is 26.0 Å². The van der Waals surface area contributed by atoms with Crippen molar-refractivity contribution in [3.63, 3.8) is 0 Å². The van der Waals surface area contributed by atoms with E-state index in [0.29, 0.717) is 5.92 Å². The highest BCUT2D eigenvalue weighted by atomic mass is 16.5. The van der Waals surface area contributed by atoms with Crippen LogP contribution in [0.1, 0.15) is 39.2 Å². The van der Waals surface area contributed by atoms with Gasteiger partial charge >= 0.3 is 0 Å². The Labute approximate surface area is 80.7 Å². The summed E-state index contributed by atoms with van der Waals surface area (Å²) in [7, 11) is 0. The summed E-state index contributed by atoms with van der Waals surface area (Å²) in [6.45, 7) is 8.28. The second kappa shape index (κ2) is 4.31. The molecule has 0 aliphatic heterocycles. The van der Waals surface area contributed by atoms with Crippen LogP contribution in [0.15, 0.2) is 24.3 Å². The monoisotopic (exact) mass is 177 g/mol. The van der Waals surface area contributed by atoms with Crippen LogP contribution in [-0.4, -0.2) is 0 Å². The molecular formula is C12H17O. The second-order valence-electron chi connectivity index (χ2n) is 3.73. The highest BCUT2D eigenvalue weighted by Gasteiger charge is 2.00. The van der Waals surface area contributed by atoms with Crippen LogP contribution < -0.4 is 4.74 Å². The summed E-state index contributed by atoms with van der Waals surface area (Å²) in [6, 6.07) is 8.26. The highest BCUT2D eigenvalue weighted by molar-refractivity contribution is 5.29. The smallest absolute Gasteiger partial charge is 0.142 e. The van der Waals surface area contributed by atoms with Crippen molar-refractivity contribution in [3.05, 3.63) is 35.9 Å². The lowest BCUT2D eigenvalue weighted by molar-refractivity contribution is 0.345. The normalized spacial score (nSPS) is 10.9. The molecule has 0 aliphatic rings. The molecule has 1 heteroatoms. The first-order valence-electron chi connectivity index (χ1n) is 4.67. The van der Waals surface area contributed by atoms with Crippen LogP contribution in [0, 0.1) is 6.10 Å². The quantitative estimate of drug-likeness (QED) is 0.683. The van der Waals surface area contributed by atoms with Gasteiger partial charge in [-0.2, -0.15) is 0 Å². The molecule has 13 heavy (non-hydrogen) atoms. The molecule has 0 spiro atoms. The van der Waals surface area contributed by atoms with E-state index in [0.717, 1.165) is 11.9 Å². The van der Waals surface area contributed by atoms with Gasteiger partial charge in [-0.3, -0.25) is 0 Å². The number of ether oxygens (including phenoxy) is 1. The molecule has 1 aromatic rings. The molecule has 0 aliphatic carbocycles. The highest BCUT2D eigenvalue weighted by Crippen LogP contribution is 2.20. The first kappa shape index (κ1) is 10.1. The van der Waals surface area contributed by atoms with Crippen LogP contribution in [0.2, 0.25) is 0 Å². The van der Waals surface area contributed by atoms with E-state index in [-0.39, 0.29) is 0 Å². The molecule has 0 fully saturated rings. The van der Waals surface area contributed by atoms with Crippen molar-refractivity contribution in [3.8, 4) is 5.75 Å². The third-order valence-corrected chi connectivity index (χ3v) is 1.87. The van der Waals surface area contributed by atoms with E-state index >= 15 is 0 Å². The zero-order chi connectivity index (χ0) is 9.84. The molecule has 0 heterocycles. The average molecular weight is 177 g/mol. The third kappa shape index (κ3) is 3.10. The van der Waals surface area contributed by atoms with Gasteiger partial charge in [0.15, 0.2) is 0 Å². The number of hydrogen-bond acceptors (Lipinski definition) is 1. The van der Waals surface area contributed by atoms with Crippen LogP contribution in [0.3, 0.4) is 0 Å². The van der Waals surface area contributed by atoms with Crippen molar-refractivity contribution in [2.75, 3.05) is 0 Å². The zero-order valence-corrected chi connectivity index (χ0v) is 8.79. The molecule has 1 radical (unpaired) electrons. The Bertz CT molecular complexity index is 246. The Morgan fingerprint density at radius 3 is 2.00 bits per heavy atom. The summed E-state index contributed by atoms with van der Waals surface area (Å²) in [4.78, 5) is 0. The van der Waals surface area contributed by atoms with Crippen molar-refractivity contribution in [2.24, 2.45) is 0 Å². The number of rotatable bonds is 3. The maximum absolute atomic E-state index is 5.47. The standard InChI is InChI=1S/C12H17O/c1-9(2)11-5-7-12(8-6-11)13-10(3)4/h5-9H,1-4H3. The minimum absolute atomic E-state index is 0.584. The van der Waals surface area contributed by atoms with Crippen molar-refractivity contribution in [1.82, 2.24) is 0 Å². The largest absolute Gasteiger partial charge is 0.484 e. The van der Waals surface area contributed by atoms with E-state index in [4.69, 9.17) is 4.74 Å². The molecule has 0 unspecified atom stereocenters. The molecule has 0 bridgehead atoms. The second-order valence-corrected chi connectivity index (χ2v) is 3.73. The summed E-state index contributed by atoms with van der Waals surface area (Å²) < 4.78 is 5.47. The third-order valence-electron chi connectivity index (χ3n) is 1.87. The summed E-state index contributed by atoms with van der Waals surface area (Å²) in [6.07, 6.45) is 0.970. The molecule has 0 saturated carbocycles. The molecule has 1 nitrogen and oxygen atoms in total. The van der Waals surface area contributed by atoms with E-state index in [9.17, 15) is 0 Å². The first-order valence-corrected chi connectivity index (χ1v) is 4.67. The molecule has 1 rings (SSSR count). The van der Waals surface area contributed by atoms with Gasteiger partial charge in [0.25, 0.3) is 0 Å². The molecule has 1 aromatic carbocycles. The molecule has 0 saturated heterocycles. The Balaban J connectivity index is 2.70. The molecular weight excluding hydrogens is 160 g/mol. The topological polar surface area (TPSA) is 9.23 Å². The van der Waals surface area contributed by atoms with Crippen LogP contribution in [0.25, 0.3) is 0 Å². The van der Waals surface area contributed by atoms with Crippen molar-refractivity contribution >= 4 is 0 Å². The van der Waals surface area contributed by atoms with Gasteiger partial charge in [0.05, 0.1) is 0 Å². The van der Waals surface area contributed by atoms with Gasteiger partial charge in [0, 0.05) is 0 Å². The predicted octanol–water partition coefficient (Wildman–Crippen LogP) is 3.76. The SMILES string of the molecule is C[C](C)Oc1ccc(C(C)C)cc1. The Morgan fingerprint density at radius 2 is 1.62 bits per heavy atom. The van der Waals surface area contributed by atoms with Gasteiger partial charge in [-0.15, -0.1) is 0 Å². The van der Waals surface area contributed by atoms with E-state index < -0.39 is 0 Å². The number of benzene rings is 1. The van der Waals surface area contributed by atoms with Crippen molar-refractivity contribution in [2.45, 2.75) is 33.6 Å². The van der Waals surface area contributed by atoms with Crippen LogP contribution in [0.5, 0.6) is 5.75 Å². The fourth-order valence-electron chi connectivity index (χ4n) is 1.16. The molecule has 0 N–H and O–H groups in total. The maximum Gasteiger partial charge on any atom is 0.142 e. The summed E-state index contributed by atoms with van der Waals surface area (Å²) in [5.74, 6) is 1.50. The fourth-order valence-corrected chi connectivity index (χ4v) is 1.16. The zero-order valence-electron chi connectivity index (χ0n) is 8.79.